The summed E-state index contributed by atoms with van der Waals surface area (Å²) >= 11 is 0. The molecule has 0 aliphatic heterocycles. The smallest absolute Gasteiger partial charge is 0.342 e. The number of nitrogens with zero attached hydrogens (tertiary/aromatic N) is 3. The Morgan fingerprint density at radius 2 is 2.19 bits per heavy atom. The summed E-state index contributed by atoms with van der Waals surface area (Å²) in [7, 11) is 1.54. The number of nitrogens with one attached hydrogen (secondary N) is 1. The molecule has 0 amide bonds. The van der Waals surface area contributed by atoms with Crippen LogP contribution in [0, 0.1) is 17.0 Å². The average molecular weight is 358 g/mol. The molecular formula is C17H18N4O5. The topological polar surface area (TPSA) is 112 Å². The second-order valence-electron chi connectivity index (χ2n) is 5.70. The summed E-state index contributed by atoms with van der Waals surface area (Å²) < 4.78 is 11.9. The molecule has 26 heavy (non-hydrogen) atoms. The first kappa shape index (κ1) is 17.6. The largest absolute Gasteiger partial charge is 0.497 e. The molecule has 2 heterocycles. The van der Waals surface area contributed by atoms with Crippen LogP contribution in [0.25, 0.3) is 11.0 Å². The molecule has 1 N–H and O–H groups in total. The van der Waals surface area contributed by atoms with Gasteiger partial charge in [0.25, 0.3) is 0 Å². The van der Waals surface area contributed by atoms with Crippen LogP contribution in [-0.2, 0) is 13.1 Å². The van der Waals surface area contributed by atoms with Crippen molar-refractivity contribution < 1.29 is 14.1 Å². The Morgan fingerprint density at radius 3 is 2.92 bits per heavy atom. The number of ether oxygens (including phenoxy) is 1. The molecule has 0 unspecified atom stereocenters. The van der Waals surface area contributed by atoms with Gasteiger partial charge in [0.05, 0.1) is 7.11 Å². The predicted molar refractivity (Wildman–Crippen MR) is 94.4 cm³/mol. The molecule has 0 fully saturated rings. The van der Waals surface area contributed by atoms with Crippen LogP contribution in [0.15, 0.2) is 39.7 Å². The van der Waals surface area contributed by atoms with E-state index in [9.17, 15) is 14.9 Å². The molecule has 3 aromatic rings. The summed E-state index contributed by atoms with van der Waals surface area (Å²) in [5, 5.41) is 15.0. The van der Waals surface area contributed by atoms with Gasteiger partial charge in [-0.1, -0.05) is 0 Å². The van der Waals surface area contributed by atoms with E-state index >= 15 is 0 Å². The molecular weight excluding hydrogens is 340 g/mol. The number of aryl methyl sites for hydroxylation is 1. The average Bonchev–Trinajstić information content (AvgIpc) is 2.98. The highest BCUT2D eigenvalue weighted by atomic mass is 16.6. The Labute approximate surface area is 148 Å². The van der Waals surface area contributed by atoms with E-state index < -0.39 is 10.5 Å². The van der Waals surface area contributed by atoms with Crippen molar-refractivity contribution >= 4 is 16.8 Å². The summed E-state index contributed by atoms with van der Waals surface area (Å²) in [6.45, 7) is 3.03. The predicted octanol–water partition coefficient (Wildman–Crippen LogP) is 2.00. The molecule has 0 spiro atoms. The SMILES string of the molecule is COc1ccc2c(CNCCn3c([N+](=O)[O-])cnc3C)cc(=O)oc2c1. The fourth-order valence-corrected chi connectivity index (χ4v) is 2.78. The van der Waals surface area contributed by atoms with Crippen LogP contribution in [0.5, 0.6) is 5.75 Å². The van der Waals surface area contributed by atoms with Crippen LogP contribution in [0.4, 0.5) is 5.82 Å². The minimum absolute atomic E-state index is 0.0396. The van der Waals surface area contributed by atoms with Crippen molar-refractivity contribution in [2.75, 3.05) is 13.7 Å². The number of fused-ring (bicyclic) bond motifs is 1. The van der Waals surface area contributed by atoms with Crippen LogP contribution >= 0.6 is 0 Å². The lowest BCUT2D eigenvalue weighted by molar-refractivity contribution is -0.392. The number of hydrogen-bond acceptors (Lipinski definition) is 7. The molecule has 136 valence electrons. The van der Waals surface area contributed by atoms with Gasteiger partial charge in [-0.05, 0) is 22.6 Å². The summed E-state index contributed by atoms with van der Waals surface area (Å²) in [5.74, 6) is 1.15. The molecule has 0 bridgehead atoms. The fourth-order valence-electron chi connectivity index (χ4n) is 2.78. The zero-order chi connectivity index (χ0) is 18.7. The van der Waals surface area contributed by atoms with Crippen molar-refractivity contribution in [1.29, 1.82) is 0 Å². The summed E-state index contributed by atoms with van der Waals surface area (Å²) in [6.07, 6.45) is 1.25. The summed E-state index contributed by atoms with van der Waals surface area (Å²) in [5.41, 5.74) is 0.800. The highest BCUT2D eigenvalue weighted by Gasteiger charge is 2.16. The summed E-state index contributed by atoms with van der Waals surface area (Å²) in [4.78, 5) is 26.3. The summed E-state index contributed by atoms with van der Waals surface area (Å²) in [6, 6.07) is 6.73. The van der Waals surface area contributed by atoms with Gasteiger partial charge in [0.1, 0.15) is 24.1 Å². The van der Waals surface area contributed by atoms with E-state index in [2.05, 4.69) is 10.3 Å². The van der Waals surface area contributed by atoms with E-state index in [1.54, 1.807) is 26.2 Å². The van der Waals surface area contributed by atoms with Crippen molar-refractivity contribution in [2.24, 2.45) is 0 Å². The molecule has 9 nitrogen and oxygen atoms in total. The van der Waals surface area contributed by atoms with Crippen molar-refractivity contribution in [2.45, 2.75) is 20.0 Å². The highest BCUT2D eigenvalue weighted by Crippen LogP contribution is 2.22. The number of methoxy groups -OCH3 is 1. The molecule has 0 aliphatic rings. The van der Waals surface area contributed by atoms with E-state index in [0.717, 1.165) is 10.9 Å². The number of imidazole rings is 1. The number of aromatic nitrogens is 2. The molecule has 9 heteroatoms. The van der Waals surface area contributed by atoms with Gasteiger partial charge in [0, 0.05) is 37.5 Å². The quantitative estimate of drug-likeness (QED) is 0.297. The minimum Gasteiger partial charge on any atom is -0.497 e. The van der Waals surface area contributed by atoms with E-state index in [0.29, 0.717) is 36.8 Å². The monoisotopic (exact) mass is 358 g/mol. The molecule has 0 saturated carbocycles. The Hall–Kier alpha value is -3.20. The second kappa shape index (κ2) is 7.36. The Balaban J connectivity index is 1.72. The van der Waals surface area contributed by atoms with E-state index in [4.69, 9.17) is 9.15 Å². The van der Waals surface area contributed by atoms with Gasteiger partial charge in [0.15, 0.2) is 5.82 Å². The third kappa shape index (κ3) is 3.57. The van der Waals surface area contributed by atoms with Crippen LogP contribution in [0.2, 0.25) is 0 Å². The number of rotatable bonds is 7. The van der Waals surface area contributed by atoms with E-state index in [1.807, 2.05) is 6.07 Å². The number of hydrogen-bond donors (Lipinski definition) is 1. The van der Waals surface area contributed by atoms with E-state index in [1.165, 1.54) is 16.8 Å². The van der Waals surface area contributed by atoms with Gasteiger partial charge < -0.3 is 24.6 Å². The molecule has 1 aromatic carbocycles. The molecule has 0 aliphatic carbocycles. The Kier molecular flexibility index (Phi) is 4.99. The molecule has 0 atom stereocenters. The fraction of sp³-hybridized carbons (Fsp3) is 0.294. The highest BCUT2D eigenvalue weighted by molar-refractivity contribution is 5.81. The van der Waals surface area contributed by atoms with Crippen molar-refractivity contribution in [3.63, 3.8) is 0 Å². The normalized spacial score (nSPS) is 11.0. The zero-order valence-corrected chi connectivity index (χ0v) is 14.4. The first-order chi connectivity index (χ1) is 12.5. The molecule has 0 radical (unpaired) electrons. The minimum atomic E-state index is -0.455. The lowest BCUT2D eigenvalue weighted by atomic mass is 10.1. The van der Waals surface area contributed by atoms with Gasteiger partial charge in [-0.25, -0.2) is 14.3 Å². The maximum Gasteiger partial charge on any atom is 0.342 e. The Bertz CT molecular complexity index is 1010. The first-order valence-corrected chi connectivity index (χ1v) is 7.97. The van der Waals surface area contributed by atoms with Crippen molar-refractivity contribution in [1.82, 2.24) is 14.9 Å². The van der Waals surface area contributed by atoms with Crippen LogP contribution < -0.4 is 15.7 Å². The molecule has 3 rings (SSSR count). The van der Waals surface area contributed by atoms with Gasteiger partial charge in [0.2, 0.25) is 0 Å². The Morgan fingerprint density at radius 1 is 1.38 bits per heavy atom. The van der Waals surface area contributed by atoms with Crippen LogP contribution in [-0.4, -0.2) is 28.1 Å². The van der Waals surface area contributed by atoms with Crippen molar-refractivity contribution in [3.8, 4) is 5.75 Å². The second-order valence-corrected chi connectivity index (χ2v) is 5.70. The van der Waals surface area contributed by atoms with Crippen molar-refractivity contribution in [3.05, 3.63) is 62.4 Å². The standard InChI is InChI=1S/C17H18N4O5/c1-11-19-10-16(21(23)24)20(11)6-5-18-9-12-7-17(22)26-15-8-13(25-2)3-4-14(12)15/h3-4,7-8,10,18H,5-6,9H2,1-2H3. The number of nitro groups is 1. The molecule has 0 saturated heterocycles. The van der Waals surface area contributed by atoms with Crippen LogP contribution in [0.3, 0.4) is 0 Å². The van der Waals surface area contributed by atoms with Gasteiger partial charge in [-0.2, -0.15) is 0 Å². The third-order valence-corrected chi connectivity index (χ3v) is 4.09. The first-order valence-electron chi connectivity index (χ1n) is 7.97. The third-order valence-electron chi connectivity index (χ3n) is 4.09. The van der Waals surface area contributed by atoms with Crippen LogP contribution in [0.1, 0.15) is 11.4 Å². The van der Waals surface area contributed by atoms with E-state index in [-0.39, 0.29) is 5.82 Å². The van der Waals surface area contributed by atoms with Gasteiger partial charge in [-0.3, -0.25) is 0 Å². The van der Waals surface area contributed by atoms with Gasteiger partial charge >= 0.3 is 11.4 Å². The van der Waals surface area contributed by atoms with Gasteiger partial charge in [-0.15, -0.1) is 0 Å². The maximum atomic E-state index is 11.8. The maximum absolute atomic E-state index is 11.8. The number of benzene rings is 1. The lowest BCUT2D eigenvalue weighted by Gasteiger charge is -2.08. The lowest BCUT2D eigenvalue weighted by Crippen LogP contribution is -2.21. The zero-order valence-electron chi connectivity index (χ0n) is 14.4. The molecule has 2 aromatic heterocycles.